The van der Waals surface area contributed by atoms with Crippen molar-refractivity contribution in [3.8, 4) is 6.07 Å². The molecular formula is C19H17F5N4O. The lowest BCUT2D eigenvalue weighted by Gasteiger charge is -2.43. The number of nitriles is 1. The molecule has 0 spiro atoms. The van der Waals surface area contributed by atoms with Crippen LogP contribution in [0.25, 0.3) is 11.0 Å². The molecule has 2 aromatic rings. The highest BCUT2D eigenvalue weighted by molar-refractivity contribution is 5.93. The summed E-state index contributed by atoms with van der Waals surface area (Å²) in [5.74, 6) is -11.8. The summed E-state index contributed by atoms with van der Waals surface area (Å²) in [4.78, 5) is 16.4. The number of nitrogens with one attached hydrogen (secondary N) is 1. The van der Waals surface area contributed by atoms with Gasteiger partial charge in [0, 0.05) is 24.3 Å². The number of carbonyl (C=O) groups is 1. The normalized spacial score (nSPS) is 23.7. The molecule has 1 heterocycles. The van der Waals surface area contributed by atoms with Crippen molar-refractivity contribution in [2.24, 2.45) is 5.92 Å². The molecule has 1 aromatic heterocycles. The van der Waals surface area contributed by atoms with Crippen molar-refractivity contribution >= 4 is 22.9 Å². The van der Waals surface area contributed by atoms with Gasteiger partial charge in [-0.3, -0.25) is 10.1 Å². The highest BCUT2D eigenvalue weighted by atomic mass is 19.3. The SMILES string of the molecule is CC1(n2c(NC(=O)CC3CC(F)(F)C3(F)F)nc3c(F)ccc(C#N)c32)CCC1. The van der Waals surface area contributed by atoms with E-state index >= 15 is 0 Å². The van der Waals surface area contributed by atoms with Crippen molar-refractivity contribution in [3.63, 3.8) is 0 Å². The molecule has 0 radical (unpaired) electrons. The minimum absolute atomic E-state index is 0.0804. The molecule has 0 bridgehead atoms. The Labute approximate surface area is 162 Å². The van der Waals surface area contributed by atoms with Crippen molar-refractivity contribution in [1.29, 1.82) is 5.26 Å². The van der Waals surface area contributed by atoms with Gasteiger partial charge in [0.25, 0.3) is 0 Å². The largest absolute Gasteiger partial charge is 0.313 e. The molecular weight excluding hydrogens is 395 g/mol. The van der Waals surface area contributed by atoms with Crippen molar-refractivity contribution in [1.82, 2.24) is 9.55 Å². The monoisotopic (exact) mass is 412 g/mol. The lowest BCUT2D eigenvalue weighted by atomic mass is 9.74. The number of anilines is 1. The quantitative estimate of drug-likeness (QED) is 0.748. The number of hydrogen-bond acceptors (Lipinski definition) is 3. The van der Waals surface area contributed by atoms with Crippen LogP contribution in [0.3, 0.4) is 0 Å². The molecule has 1 N–H and O–H groups in total. The number of rotatable bonds is 4. The molecule has 1 amide bonds. The standard InChI is InChI=1S/C19H17F5N4O/c1-17(5-2-6-17)28-15-10(9-25)3-4-12(20)14(15)27-16(28)26-13(29)7-11-8-18(21,22)19(11,23)24/h3-4,11H,2,5-8H2,1H3,(H,26,27,29). The highest BCUT2D eigenvalue weighted by Crippen LogP contribution is 2.56. The molecule has 5 nitrogen and oxygen atoms in total. The van der Waals surface area contributed by atoms with Crippen LogP contribution in [0.4, 0.5) is 27.9 Å². The summed E-state index contributed by atoms with van der Waals surface area (Å²) in [6, 6.07) is 4.37. The number of carbonyl (C=O) groups excluding carboxylic acids is 1. The Bertz CT molecular complexity index is 1050. The van der Waals surface area contributed by atoms with Crippen LogP contribution in [0.5, 0.6) is 0 Å². The number of imidazole rings is 1. The van der Waals surface area contributed by atoms with E-state index < -0.39 is 47.9 Å². The fourth-order valence-electron chi connectivity index (χ4n) is 4.10. The van der Waals surface area contributed by atoms with E-state index in [0.29, 0.717) is 12.8 Å². The zero-order chi connectivity index (χ0) is 21.2. The molecule has 1 aromatic carbocycles. The highest BCUT2D eigenvalue weighted by Gasteiger charge is 2.71. The van der Waals surface area contributed by atoms with E-state index in [1.54, 1.807) is 4.57 Å². The average molecular weight is 412 g/mol. The van der Waals surface area contributed by atoms with Crippen LogP contribution < -0.4 is 5.32 Å². The molecule has 0 aliphatic heterocycles. The maximum atomic E-state index is 14.3. The first-order valence-corrected chi connectivity index (χ1v) is 9.17. The van der Waals surface area contributed by atoms with Gasteiger partial charge in [-0.1, -0.05) is 0 Å². The minimum atomic E-state index is -4.25. The lowest BCUT2D eigenvalue weighted by molar-refractivity contribution is -0.313. The second kappa shape index (κ2) is 6.15. The first-order valence-electron chi connectivity index (χ1n) is 9.17. The predicted octanol–water partition coefficient (Wildman–Crippen LogP) is 4.57. The lowest BCUT2D eigenvalue weighted by Crippen LogP contribution is -2.59. The maximum Gasteiger partial charge on any atom is 0.313 e. The smallest absolute Gasteiger partial charge is 0.303 e. The number of amides is 1. The van der Waals surface area contributed by atoms with Gasteiger partial charge < -0.3 is 4.57 Å². The van der Waals surface area contributed by atoms with Crippen LogP contribution in [-0.2, 0) is 10.3 Å². The molecule has 154 valence electrons. The summed E-state index contributed by atoms with van der Waals surface area (Å²) in [6.45, 7) is 1.86. The van der Waals surface area contributed by atoms with Crippen molar-refractivity contribution < 1.29 is 26.7 Å². The molecule has 2 aliphatic carbocycles. The van der Waals surface area contributed by atoms with E-state index in [0.717, 1.165) is 12.5 Å². The Morgan fingerprint density at radius 1 is 1.34 bits per heavy atom. The average Bonchev–Trinajstić information content (AvgIpc) is 2.99. The molecule has 1 atom stereocenters. The maximum absolute atomic E-state index is 14.3. The van der Waals surface area contributed by atoms with Crippen molar-refractivity contribution in [3.05, 3.63) is 23.5 Å². The summed E-state index contributed by atoms with van der Waals surface area (Å²) in [6.07, 6.45) is 0.375. The van der Waals surface area contributed by atoms with Gasteiger partial charge in [0.1, 0.15) is 11.6 Å². The number of nitrogens with zero attached hydrogens (tertiary/aromatic N) is 3. The summed E-state index contributed by atoms with van der Waals surface area (Å²) >= 11 is 0. The zero-order valence-electron chi connectivity index (χ0n) is 15.4. The van der Waals surface area contributed by atoms with Crippen LogP contribution in [-0.4, -0.2) is 27.3 Å². The first-order chi connectivity index (χ1) is 13.5. The third kappa shape index (κ3) is 2.78. The number of alkyl halides is 4. The molecule has 0 saturated heterocycles. The summed E-state index contributed by atoms with van der Waals surface area (Å²) < 4.78 is 68.9. The number of fused-ring (bicyclic) bond motifs is 1. The van der Waals surface area contributed by atoms with Gasteiger partial charge in [-0.2, -0.15) is 22.8 Å². The van der Waals surface area contributed by atoms with Gasteiger partial charge in [0.15, 0.2) is 5.82 Å². The van der Waals surface area contributed by atoms with Gasteiger partial charge in [-0.15, -0.1) is 0 Å². The van der Waals surface area contributed by atoms with Crippen LogP contribution >= 0.6 is 0 Å². The molecule has 2 aliphatic rings. The topological polar surface area (TPSA) is 70.7 Å². The fraction of sp³-hybridized carbons (Fsp3) is 0.526. The van der Waals surface area contributed by atoms with Crippen LogP contribution in [0, 0.1) is 23.1 Å². The van der Waals surface area contributed by atoms with Crippen LogP contribution in [0.1, 0.15) is 44.6 Å². The number of hydrogen-bond donors (Lipinski definition) is 1. The summed E-state index contributed by atoms with van der Waals surface area (Å²) in [5.41, 5.74) is -0.282. The van der Waals surface area contributed by atoms with Crippen molar-refractivity contribution in [2.75, 3.05) is 5.32 Å². The Kier molecular flexibility index (Phi) is 4.16. The Hall–Kier alpha value is -2.70. The fourth-order valence-corrected chi connectivity index (χ4v) is 4.10. The van der Waals surface area contributed by atoms with Crippen LogP contribution in [0.15, 0.2) is 12.1 Å². The van der Waals surface area contributed by atoms with E-state index in [1.165, 1.54) is 6.07 Å². The molecule has 1 unspecified atom stereocenters. The van der Waals surface area contributed by atoms with Gasteiger partial charge in [0.2, 0.25) is 11.9 Å². The molecule has 4 rings (SSSR count). The molecule has 2 saturated carbocycles. The molecule has 29 heavy (non-hydrogen) atoms. The molecule has 10 heteroatoms. The van der Waals surface area contributed by atoms with E-state index in [2.05, 4.69) is 10.3 Å². The third-order valence-electron chi connectivity index (χ3n) is 6.03. The Morgan fingerprint density at radius 2 is 2.03 bits per heavy atom. The van der Waals surface area contributed by atoms with E-state index in [1.807, 2.05) is 13.0 Å². The summed E-state index contributed by atoms with van der Waals surface area (Å²) in [7, 11) is 0. The number of aromatic nitrogens is 2. The summed E-state index contributed by atoms with van der Waals surface area (Å²) in [5, 5.41) is 11.8. The van der Waals surface area contributed by atoms with Gasteiger partial charge in [0.05, 0.1) is 11.1 Å². The number of benzene rings is 1. The second-order valence-electron chi connectivity index (χ2n) is 8.01. The van der Waals surface area contributed by atoms with E-state index in [-0.39, 0.29) is 22.5 Å². The van der Waals surface area contributed by atoms with Crippen molar-refractivity contribution in [2.45, 2.75) is 56.4 Å². The predicted molar refractivity (Wildman–Crippen MR) is 93.2 cm³/mol. The first kappa shape index (κ1) is 19.6. The third-order valence-corrected chi connectivity index (χ3v) is 6.03. The Balaban J connectivity index is 1.69. The van der Waals surface area contributed by atoms with E-state index in [9.17, 15) is 32.0 Å². The second-order valence-corrected chi connectivity index (χ2v) is 8.01. The minimum Gasteiger partial charge on any atom is -0.303 e. The zero-order valence-corrected chi connectivity index (χ0v) is 15.4. The van der Waals surface area contributed by atoms with Crippen LogP contribution in [0.2, 0.25) is 0 Å². The van der Waals surface area contributed by atoms with Gasteiger partial charge in [-0.05, 0) is 38.3 Å². The van der Waals surface area contributed by atoms with Gasteiger partial charge in [-0.25, -0.2) is 9.37 Å². The number of halogens is 5. The van der Waals surface area contributed by atoms with E-state index in [4.69, 9.17) is 0 Å². The van der Waals surface area contributed by atoms with Gasteiger partial charge >= 0.3 is 11.8 Å². The Morgan fingerprint density at radius 3 is 2.55 bits per heavy atom. The molecule has 2 fully saturated rings.